The zero-order valence-corrected chi connectivity index (χ0v) is 7.48. The van der Waals surface area contributed by atoms with Gasteiger partial charge in [-0.3, -0.25) is 0 Å². The van der Waals surface area contributed by atoms with E-state index >= 15 is 0 Å². The molecule has 0 heterocycles. The van der Waals surface area contributed by atoms with Crippen molar-refractivity contribution in [2.45, 2.75) is 19.3 Å². The Morgan fingerprint density at radius 3 is 3.23 bits per heavy atom. The van der Waals surface area contributed by atoms with Gasteiger partial charge in [-0.2, -0.15) is 0 Å². The van der Waals surface area contributed by atoms with Crippen LogP contribution in [0.15, 0.2) is 29.5 Å². The van der Waals surface area contributed by atoms with Crippen molar-refractivity contribution in [3.05, 3.63) is 24.3 Å². The molecule has 13 heavy (non-hydrogen) atoms. The van der Waals surface area contributed by atoms with Crippen LogP contribution in [-0.2, 0) is 0 Å². The molecule has 3 atom stereocenters. The van der Waals surface area contributed by atoms with E-state index < -0.39 is 0 Å². The van der Waals surface area contributed by atoms with E-state index in [-0.39, 0.29) is 0 Å². The van der Waals surface area contributed by atoms with Crippen molar-refractivity contribution in [1.82, 2.24) is 0 Å². The lowest BCUT2D eigenvalue weighted by atomic mass is 9.72. The Hall–Kier alpha value is -1.05. The standard InChI is InChI=1S/C11H13NO/c13-12-10-7-11-4-2-1-3-9(11)5-8(10)6-11/h1-4,8-9,13H,5-7H2. The van der Waals surface area contributed by atoms with E-state index in [9.17, 15) is 0 Å². The molecule has 0 aromatic heterocycles. The molecule has 2 nitrogen and oxygen atoms in total. The third-order valence-corrected chi connectivity index (χ3v) is 3.90. The van der Waals surface area contributed by atoms with Gasteiger partial charge in [-0.1, -0.05) is 29.5 Å². The number of oxime groups is 1. The lowest BCUT2D eigenvalue weighted by molar-refractivity contribution is 0.302. The van der Waals surface area contributed by atoms with Crippen molar-refractivity contribution < 1.29 is 5.21 Å². The third kappa shape index (κ3) is 0.808. The fourth-order valence-electron chi connectivity index (χ4n) is 3.26. The van der Waals surface area contributed by atoms with E-state index in [2.05, 4.69) is 29.5 Å². The number of rotatable bonds is 0. The summed E-state index contributed by atoms with van der Waals surface area (Å²) in [5, 5.41) is 12.2. The molecular weight excluding hydrogens is 162 g/mol. The first-order chi connectivity index (χ1) is 6.34. The smallest absolute Gasteiger partial charge is 0.0611 e. The van der Waals surface area contributed by atoms with Crippen molar-refractivity contribution in [2.75, 3.05) is 0 Å². The van der Waals surface area contributed by atoms with Crippen LogP contribution >= 0.6 is 0 Å². The Bertz CT molecular complexity index is 329. The summed E-state index contributed by atoms with van der Waals surface area (Å²) in [6.45, 7) is 0. The second-order valence-corrected chi connectivity index (χ2v) is 4.49. The Kier molecular flexibility index (Phi) is 1.27. The minimum Gasteiger partial charge on any atom is -0.411 e. The maximum atomic E-state index is 8.82. The Morgan fingerprint density at radius 2 is 2.38 bits per heavy atom. The van der Waals surface area contributed by atoms with E-state index in [1.54, 1.807) is 0 Å². The largest absolute Gasteiger partial charge is 0.411 e. The Morgan fingerprint density at radius 1 is 1.46 bits per heavy atom. The second kappa shape index (κ2) is 2.25. The molecule has 1 spiro atoms. The molecule has 1 N–H and O–H groups in total. The molecular formula is C11H13NO. The van der Waals surface area contributed by atoms with Gasteiger partial charge in [0.15, 0.2) is 0 Å². The molecule has 0 amide bonds. The molecule has 68 valence electrons. The number of nitrogens with zero attached hydrogens (tertiary/aromatic N) is 1. The first-order valence-corrected chi connectivity index (χ1v) is 4.91. The average Bonchev–Trinajstić information content (AvgIpc) is 2.69. The van der Waals surface area contributed by atoms with Crippen molar-refractivity contribution in [3.8, 4) is 0 Å². The Labute approximate surface area is 77.6 Å². The molecule has 3 aliphatic rings. The highest BCUT2D eigenvalue weighted by Gasteiger charge is 2.53. The predicted octanol–water partition coefficient (Wildman–Crippen LogP) is 2.36. The second-order valence-electron chi connectivity index (χ2n) is 4.49. The summed E-state index contributed by atoms with van der Waals surface area (Å²) in [4.78, 5) is 0. The molecule has 2 fully saturated rings. The maximum absolute atomic E-state index is 8.82. The lowest BCUT2D eigenvalue weighted by Crippen LogP contribution is -2.26. The van der Waals surface area contributed by atoms with Gasteiger partial charge in [0, 0.05) is 11.3 Å². The monoisotopic (exact) mass is 175 g/mol. The summed E-state index contributed by atoms with van der Waals surface area (Å²) in [6.07, 6.45) is 12.3. The highest BCUT2D eigenvalue weighted by Crippen LogP contribution is 2.58. The van der Waals surface area contributed by atoms with Gasteiger partial charge < -0.3 is 5.21 Å². The van der Waals surface area contributed by atoms with E-state index in [0.717, 1.165) is 12.1 Å². The van der Waals surface area contributed by atoms with Gasteiger partial charge in [-0.05, 0) is 25.2 Å². The third-order valence-electron chi connectivity index (χ3n) is 3.90. The van der Waals surface area contributed by atoms with E-state index in [1.807, 2.05) is 0 Å². The van der Waals surface area contributed by atoms with Crippen LogP contribution in [0.5, 0.6) is 0 Å². The fourth-order valence-corrected chi connectivity index (χ4v) is 3.26. The SMILES string of the molecule is ON=C1CC23C=CC=CC2CC1C3. The fraction of sp³-hybridized carbons (Fsp3) is 0.545. The summed E-state index contributed by atoms with van der Waals surface area (Å²) in [7, 11) is 0. The summed E-state index contributed by atoms with van der Waals surface area (Å²) < 4.78 is 0. The molecule has 2 heteroatoms. The first-order valence-electron chi connectivity index (χ1n) is 4.91. The van der Waals surface area contributed by atoms with Crippen LogP contribution in [0, 0.1) is 17.3 Å². The molecule has 3 rings (SSSR count). The molecule has 3 unspecified atom stereocenters. The van der Waals surface area contributed by atoms with Crippen LogP contribution in [-0.4, -0.2) is 10.9 Å². The molecule has 3 aliphatic carbocycles. The van der Waals surface area contributed by atoms with Crippen LogP contribution in [0.4, 0.5) is 0 Å². The average molecular weight is 175 g/mol. The van der Waals surface area contributed by atoms with E-state index in [1.165, 1.54) is 12.8 Å². The van der Waals surface area contributed by atoms with Crippen LogP contribution < -0.4 is 0 Å². The van der Waals surface area contributed by atoms with Crippen LogP contribution in [0.3, 0.4) is 0 Å². The van der Waals surface area contributed by atoms with Gasteiger partial charge in [-0.25, -0.2) is 0 Å². The molecule has 0 aromatic carbocycles. The van der Waals surface area contributed by atoms with Crippen molar-refractivity contribution in [2.24, 2.45) is 22.4 Å². The summed E-state index contributed by atoms with van der Waals surface area (Å²) >= 11 is 0. The number of hydrogen-bond donors (Lipinski definition) is 1. The van der Waals surface area contributed by atoms with Gasteiger partial charge in [0.1, 0.15) is 0 Å². The predicted molar refractivity (Wildman–Crippen MR) is 50.8 cm³/mol. The van der Waals surface area contributed by atoms with E-state index in [4.69, 9.17) is 5.21 Å². The van der Waals surface area contributed by atoms with Gasteiger partial charge >= 0.3 is 0 Å². The van der Waals surface area contributed by atoms with Crippen LogP contribution in [0.2, 0.25) is 0 Å². The van der Waals surface area contributed by atoms with Gasteiger partial charge in [0.25, 0.3) is 0 Å². The number of hydrogen-bond acceptors (Lipinski definition) is 2. The van der Waals surface area contributed by atoms with Gasteiger partial charge in [0.2, 0.25) is 0 Å². The van der Waals surface area contributed by atoms with Gasteiger partial charge in [0.05, 0.1) is 5.71 Å². The first kappa shape index (κ1) is 7.36. The minimum absolute atomic E-state index is 0.320. The summed E-state index contributed by atoms with van der Waals surface area (Å²) in [6, 6.07) is 0. The van der Waals surface area contributed by atoms with Crippen molar-refractivity contribution in [3.63, 3.8) is 0 Å². The summed E-state index contributed by atoms with van der Waals surface area (Å²) in [5.41, 5.74) is 1.34. The van der Waals surface area contributed by atoms with Crippen molar-refractivity contribution >= 4 is 5.71 Å². The van der Waals surface area contributed by atoms with Crippen LogP contribution in [0.1, 0.15) is 19.3 Å². The summed E-state index contributed by atoms with van der Waals surface area (Å²) in [5.74, 6) is 1.25. The lowest BCUT2D eigenvalue weighted by Gasteiger charge is -2.32. The highest BCUT2D eigenvalue weighted by atomic mass is 16.4. The zero-order chi connectivity index (χ0) is 8.89. The molecule has 2 saturated carbocycles. The number of fused-ring (bicyclic) bond motifs is 1. The normalized spacial score (nSPS) is 48.8. The zero-order valence-electron chi connectivity index (χ0n) is 7.48. The molecule has 2 bridgehead atoms. The molecule has 0 aliphatic heterocycles. The minimum atomic E-state index is 0.320. The van der Waals surface area contributed by atoms with Gasteiger partial charge in [-0.15, -0.1) is 0 Å². The molecule has 0 saturated heterocycles. The Balaban J connectivity index is 2.02. The topological polar surface area (TPSA) is 32.6 Å². The van der Waals surface area contributed by atoms with Crippen LogP contribution in [0.25, 0.3) is 0 Å². The highest BCUT2D eigenvalue weighted by molar-refractivity contribution is 5.90. The van der Waals surface area contributed by atoms with Crippen molar-refractivity contribution in [1.29, 1.82) is 0 Å². The maximum Gasteiger partial charge on any atom is 0.0611 e. The quantitative estimate of drug-likeness (QED) is 0.445. The van der Waals surface area contributed by atoms with E-state index in [0.29, 0.717) is 17.3 Å². The number of allylic oxidation sites excluding steroid dienone is 4. The molecule has 0 radical (unpaired) electrons. The molecule has 0 aromatic rings.